The average molecular weight is 292 g/mol. The van der Waals surface area contributed by atoms with Gasteiger partial charge in [-0.3, -0.25) is 4.79 Å². The maximum Gasteiger partial charge on any atom is 0.234 e. The van der Waals surface area contributed by atoms with Gasteiger partial charge >= 0.3 is 0 Å². The number of hydrogen-bond donors (Lipinski definition) is 2. The predicted molar refractivity (Wildman–Crippen MR) is 86.3 cm³/mol. The first-order valence-electron chi connectivity index (χ1n) is 7.66. The zero-order valence-corrected chi connectivity index (χ0v) is 13.6. The van der Waals surface area contributed by atoms with E-state index in [1.165, 1.54) is 5.56 Å². The van der Waals surface area contributed by atoms with Crippen molar-refractivity contribution < 1.29 is 9.53 Å². The van der Waals surface area contributed by atoms with Crippen LogP contribution in [0.25, 0.3) is 0 Å². The molecule has 0 aliphatic heterocycles. The smallest absolute Gasteiger partial charge is 0.234 e. The lowest BCUT2D eigenvalue weighted by Crippen LogP contribution is -2.38. The summed E-state index contributed by atoms with van der Waals surface area (Å²) < 4.78 is 4.94. The molecule has 118 valence electrons. The first-order valence-corrected chi connectivity index (χ1v) is 7.66. The van der Waals surface area contributed by atoms with Crippen LogP contribution in [0.3, 0.4) is 0 Å². The minimum Gasteiger partial charge on any atom is -0.383 e. The van der Waals surface area contributed by atoms with Crippen molar-refractivity contribution in [3.8, 4) is 0 Å². The van der Waals surface area contributed by atoms with Crippen molar-refractivity contribution in [2.45, 2.75) is 33.2 Å². The van der Waals surface area contributed by atoms with Gasteiger partial charge in [0.15, 0.2) is 0 Å². The van der Waals surface area contributed by atoms with Crippen LogP contribution in [0, 0.1) is 5.92 Å². The van der Waals surface area contributed by atoms with E-state index in [4.69, 9.17) is 4.74 Å². The molecule has 0 spiro atoms. The minimum atomic E-state index is 0.0179. The summed E-state index contributed by atoms with van der Waals surface area (Å²) in [5.41, 5.74) is 2.47. The second kappa shape index (κ2) is 9.53. The summed E-state index contributed by atoms with van der Waals surface area (Å²) in [5, 5.41) is 6.17. The van der Waals surface area contributed by atoms with Crippen molar-refractivity contribution >= 4 is 5.91 Å². The van der Waals surface area contributed by atoms with Gasteiger partial charge in [0.2, 0.25) is 5.91 Å². The summed E-state index contributed by atoms with van der Waals surface area (Å²) >= 11 is 0. The third-order valence-electron chi connectivity index (χ3n) is 3.50. The fourth-order valence-electron chi connectivity index (χ4n) is 2.20. The predicted octanol–water partition coefficient (Wildman–Crippen LogP) is 2.30. The fraction of sp³-hybridized carbons (Fsp3) is 0.588. The van der Waals surface area contributed by atoms with Crippen LogP contribution >= 0.6 is 0 Å². The van der Waals surface area contributed by atoms with Crippen LogP contribution in [0.15, 0.2) is 24.3 Å². The number of carbonyl (C=O) groups excluding carboxylic acids is 1. The number of methoxy groups -OCH3 is 1. The normalized spacial score (nSPS) is 12.4. The van der Waals surface area contributed by atoms with E-state index in [1.54, 1.807) is 7.11 Å². The van der Waals surface area contributed by atoms with E-state index < -0.39 is 0 Å². The van der Waals surface area contributed by atoms with Gasteiger partial charge in [0.05, 0.1) is 19.2 Å². The molecule has 4 nitrogen and oxygen atoms in total. The Morgan fingerprint density at radius 3 is 2.43 bits per heavy atom. The molecule has 2 N–H and O–H groups in total. The van der Waals surface area contributed by atoms with E-state index >= 15 is 0 Å². The van der Waals surface area contributed by atoms with Crippen LogP contribution in [-0.2, 0) is 16.0 Å². The lowest BCUT2D eigenvalue weighted by atomic mass is 9.95. The molecule has 0 fully saturated rings. The second-order valence-corrected chi connectivity index (χ2v) is 5.55. The topological polar surface area (TPSA) is 50.4 Å². The molecule has 0 radical (unpaired) electrons. The van der Waals surface area contributed by atoms with E-state index in [-0.39, 0.29) is 11.9 Å². The molecular weight excluding hydrogens is 264 g/mol. The largest absolute Gasteiger partial charge is 0.383 e. The number of aryl methyl sites for hydroxylation is 1. The highest BCUT2D eigenvalue weighted by atomic mass is 16.5. The summed E-state index contributed by atoms with van der Waals surface area (Å²) in [6.07, 6.45) is 1.03. The molecule has 0 aliphatic rings. The molecule has 1 rings (SSSR count). The highest BCUT2D eigenvalue weighted by Crippen LogP contribution is 2.22. The number of amides is 1. The highest BCUT2D eigenvalue weighted by Gasteiger charge is 2.17. The van der Waals surface area contributed by atoms with Crippen molar-refractivity contribution in [3.63, 3.8) is 0 Å². The SMILES string of the molecule is CCc1ccc(C(NC(=O)CNCCOC)C(C)C)cc1. The van der Waals surface area contributed by atoms with Crippen LogP contribution in [0.1, 0.15) is 37.9 Å². The maximum atomic E-state index is 12.0. The Morgan fingerprint density at radius 1 is 1.24 bits per heavy atom. The second-order valence-electron chi connectivity index (χ2n) is 5.55. The molecule has 1 aromatic carbocycles. The summed E-state index contributed by atoms with van der Waals surface area (Å²) in [5.74, 6) is 0.366. The van der Waals surface area contributed by atoms with Crippen molar-refractivity contribution in [1.82, 2.24) is 10.6 Å². The molecule has 4 heteroatoms. The van der Waals surface area contributed by atoms with Gasteiger partial charge in [-0.2, -0.15) is 0 Å². The summed E-state index contributed by atoms with van der Waals surface area (Å²) in [7, 11) is 1.65. The van der Waals surface area contributed by atoms with E-state index in [2.05, 4.69) is 55.7 Å². The Balaban J connectivity index is 2.58. The number of rotatable bonds is 9. The minimum absolute atomic E-state index is 0.0179. The molecule has 0 aliphatic carbocycles. The van der Waals surface area contributed by atoms with Crippen LogP contribution in [0.5, 0.6) is 0 Å². The van der Waals surface area contributed by atoms with Crippen molar-refractivity contribution in [3.05, 3.63) is 35.4 Å². The molecule has 1 atom stereocenters. The zero-order chi connectivity index (χ0) is 15.7. The number of nitrogens with one attached hydrogen (secondary N) is 2. The first kappa shape index (κ1) is 17.7. The van der Waals surface area contributed by atoms with Gasteiger partial charge in [-0.1, -0.05) is 45.0 Å². The van der Waals surface area contributed by atoms with E-state index in [0.29, 0.717) is 25.6 Å². The van der Waals surface area contributed by atoms with Gasteiger partial charge in [-0.05, 0) is 23.5 Å². The Labute approximate surface area is 128 Å². The molecule has 21 heavy (non-hydrogen) atoms. The van der Waals surface area contributed by atoms with E-state index in [9.17, 15) is 4.79 Å². The van der Waals surface area contributed by atoms with E-state index in [0.717, 1.165) is 12.0 Å². The van der Waals surface area contributed by atoms with Gasteiger partial charge in [0, 0.05) is 13.7 Å². The lowest BCUT2D eigenvalue weighted by molar-refractivity contribution is -0.121. The average Bonchev–Trinajstić information content (AvgIpc) is 2.49. The van der Waals surface area contributed by atoms with Gasteiger partial charge in [0.1, 0.15) is 0 Å². The maximum absolute atomic E-state index is 12.0. The molecule has 0 aromatic heterocycles. The lowest BCUT2D eigenvalue weighted by Gasteiger charge is -2.23. The Kier molecular flexibility index (Phi) is 8.01. The summed E-state index contributed by atoms with van der Waals surface area (Å²) in [6, 6.07) is 8.54. The van der Waals surface area contributed by atoms with Gasteiger partial charge < -0.3 is 15.4 Å². The summed E-state index contributed by atoms with van der Waals surface area (Å²) in [4.78, 5) is 12.0. The number of carbonyl (C=O) groups is 1. The third-order valence-corrected chi connectivity index (χ3v) is 3.50. The summed E-state index contributed by atoms with van der Waals surface area (Å²) in [6.45, 7) is 8.00. The van der Waals surface area contributed by atoms with Crippen LogP contribution in [0.4, 0.5) is 0 Å². The van der Waals surface area contributed by atoms with Crippen LogP contribution in [0.2, 0.25) is 0 Å². The van der Waals surface area contributed by atoms with Gasteiger partial charge in [-0.25, -0.2) is 0 Å². The van der Waals surface area contributed by atoms with Crippen molar-refractivity contribution in [1.29, 1.82) is 0 Å². The molecule has 0 saturated carbocycles. The van der Waals surface area contributed by atoms with Crippen LogP contribution in [-0.4, -0.2) is 32.7 Å². The molecule has 0 bridgehead atoms. The Bertz CT molecular complexity index is 415. The fourth-order valence-corrected chi connectivity index (χ4v) is 2.20. The zero-order valence-electron chi connectivity index (χ0n) is 13.6. The molecule has 1 unspecified atom stereocenters. The van der Waals surface area contributed by atoms with E-state index in [1.807, 2.05) is 0 Å². The molecule has 0 saturated heterocycles. The standard InChI is InChI=1S/C17H28N2O2/c1-5-14-6-8-15(9-7-14)17(13(2)3)19-16(20)12-18-10-11-21-4/h6-9,13,17-18H,5,10-12H2,1-4H3,(H,19,20). The molecule has 0 heterocycles. The van der Waals surface area contributed by atoms with Crippen molar-refractivity contribution in [2.75, 3.05) is 26.8 Å². The monoisotopic (exact) mass is 292 g/mol. The Morgan fingerprint density at radius 2 is 1.90 bits per heavy atom. The van der Waals surface area contributed by atoms with Crippen LogP contribution < -0.4 is 10.6 Å². The van der Waals surface area contributed by atoms with Gasteiger partial charge in [-0.15, -0.1) is 0 Å². The molecular formula is C17H28N2O2. The first-order chi connectivity index (χ1) is 10.1. The number of hydrogen-bond acceptors (Lipinski definition) is 3. The van der Waals surface area contributed by atoms with Crippen molar-refractivity contribution in [2.24, 2.45) is 5.92 Å². The van der Waals surface area contributed by atoms with Gasteiger partial charge in [0.25, 0.3) is 0 Å². The number of benzene rings is 1. The molecule has 1 aromatic rings. The number of ether oxygens (including phenoxy) is 1. The quantitative estimate of drug-likeness (QED) is 0.687. The molecule has 1 amide bonds. The third kappa shape index (κ3) is 6.27. The highest BCUT2D eigenvalue weighted by molar-refractivity contribution is 5.78. The Hall–Kier alpha value is -1.39.